The van der Waals surface area contributed by atoms with Crippen molar-refractivity contribution < 1.29 is 14.4 Å². The maximum Gasteiger partial charge on any atom is 0.151 e. The van der Waals surface area contributed by atoms with E-state index >= 15 is 0 Å². The van der Waals surface area contributed by atoms with Crippen LogP contribution in [0, 0.1) is 19.8 Å². The van der Waals surface area contributed by atoms with Crippen molar-refractivity contribution in [3.05, 3.63) is 64.3 Å². The van der Waals surface area contributed by atoms with Crippen LogP contribution in [0.25, 0.3) is 5.57 Å². The Bertz CT molecular complexity index is 889. The summed E-state index contributed by atoms with van der Waals surface area (Å²) in [6, 6.07) is 4.11. The average molecular weight is 379 g/mol. The minimum Gasteiger partial charge on any atom is -0.300 e. The molecular weight excluding hydrogens is 348 g/mol. The smallest absolute Gasteiger partial charge is 0.151 e. The van der Waals surface area contributed by atoms with Gasteiger partial charge in [-0.1, -0.05) is 36.4 Å². The Balaban J connectivity index is 2.46. The summed E-state index contributed by atoms with van der Waals surface area (Å²) >= 11 is 0. The van der Waals surface area contributed by atoms with Crippen molar-refractivity contribution in [2.24, 2.45) is 5.92 Å². The number of ketones is 3. The summed E-state index contributed by atoms with van der Waals surface area (Å²) in [5.41, 5.74) is 7.19. The number of aryl methyl sites for hydroxylation is 2. The summed E-state index contributed by atoms with van der Waals surface area (Å²) in [7, 11) is 0. The van der Waals surface area contributed by atoms with E-state index in [1.54, 1.807) is 0 Å². The second kappa shape index (κ2) is 8.64. The summed E-state index contributed by atoms with van der Waals surface area (Å²) in [6.07, 6.45) is 4.25. The lowest BCUT2D eigenvalue weighted by atomic mass is 9.84. The van der Waals surface area contributed by atoms with Crippen LogP contribution in [0.15, 0.2) is 42.0 Å². The van der Waals surface area contributed by atoms with Crippen LogP contribution in [0.3, 0.4) is 0 Å². The monoisotopic (exact) mass is 378 g/mol. The standard InChI is InChI=1S/C25H30O3/c1-8-14(2)9-15(3)19(7)20-10-16(4)23(17(5)11-20)24-22(27)13-21(25(24)28)12-18(6)26/h8-11,21,24H,1,12-13H2,2-7H3/b14-9-,19-15+. The fourth-order valence-corrected chi connectivity index (χ4v) is 4.06. The van der Waals surface area contributed by atoms with Gasteiger partial charge in [-0.3, -0.25) is 9.59 Å². The van der Waals surface area contributed by atoms with Crippen molar-refractivity contribution in [3.63, 3.8) is 0 Å². The summed E-state index contributed by atoms with van der Waals surface area (Å²) in [6.45, 7) is 15.3. The summed E-state index contributed by atoms with van der Waals surface area (Å²) in [5.74, 6) is -1.42. The van der Waals surface area contributed by atoms with Gasteiger partial charge in [0, 0.05) is 18.8 Å². The Morgan fingerprint density at radius 1 is 1.11 bits per heavy atom. The van der Waals surface area contributed by atoms with Gasteiger partial charge >= 0.3 is 0 Å². The van der Waals surface area contributed by atoms with Gasteiger partial charge in [0.2, 0.25) is 0 Å². The molecule has 0 amide bonds. The lowest BCUT2D eigenvalue weighted by Gasteiger charge is -2.18. The summed E-state index contributed by atoms with van der Waals surface area (Å²) < 4.78 is 0. The van der Waals surface area contributed by atoms with Crippen LogP contribution in [-0.4, -0.2) is 17.3 Å². The average Bonchev–Trinajstić information content (AvgIpc) is 2.87. The van der Waals surface area contributed by atoms with Gasteiger partial charge in [-0.15, -0.1) is 0 Å². The number of carbonyl (C=O) groups is 3. The molecule has 2 rings (SSSR count). The van der Waals surface area contributed by atoms with Crippen LogP contribution in [0.2, 0.25) is 0 Å². The lowest BCUT2D eigenvalue weighted by molar-refractivity contribution is -0.127. The second-order valence-corrected chi connectivity index (χ2v) is 8.03. The van der Waals surface area contributed by atoms with Crippen LogP contribution >= 0.6 is 0 Å². The van der Waals surface area contributed by atoms with E-state index in [1.165, 1.54) is 6.92 Å². The molecule has 3 nitrogen and oxygen atoms in total. The first-order valence-electron chi connectivity index (χ1n) is 9.72. The van der Waals surface area contributed by atoms with E-state index in [9.17, 15) is 14.4 Å². The van der Waals surface area contributed by atoms with Crippen LogP contribution in [0.4, 0.5) is 0 Å². The molecule has 0 saturated heterocycles. The highest BCUT2D eigenvalue weighted by Crippen LogP contribution is 2.38. The number of rotatable bonds is 6. The predicted octanol–water partition coefficient (Wildman–Crippen LogP) is 5.45. The third kappa shape index (κ3) is 4.46. The third-order valence-electron chi connectivity index (χ3n) is 5.66. The van der Waals surface area contributed by atoms with E-state index in [-0.39, 0.29) is 30.2 Å². The first-order chi connectivity index (χ1) is 13.1. The molecule has 1 aliphatic rings. The molecule has 1 fully saturated rings. The van der Waals surface area contributed by atoms with Gasteiger partial charge in [0.15, 0.2) is 5.78 Å². The number of benzene rings is 1. The Hall–Kier alpha value is -2.55. The molecule has 148 valence electrons. The molecule has 0 radical (unpaired) electrons. The fraction of sp³-hybridized carbons (Fsp3) is 0.400. The normalized spacial score (nSPS) is 21.0. The second-order valence-electron chi connectivity index (χ2n) is 8.03. The Morgan fingerprint density at radius 3 is 2.18 bits per heavy atom. The molecule has 1 aromatic rings. The Kier molecular flexibility index (Phi) is 6.71. The first-order valence-corrected chi connectivity index (χ1v) is 9.72. The van der Waals surface area contributed by atoms with Gasteiger partial charge in [-0.25, -0.2) is 0 Å². The van der Waals surface area contributed by atoms with Crippen LogP contribution in [0.1, 0.15) is 68.7 Å². The maximum absolute atomic E-state index is 12.8. The van der Waals surface area contributed by atoms with Crippen molar-refractivity contribution in [3.8, 4) is 0 Å². The molecule has 1 aromatic carbocycles. The molecule has 0 heterocycles. The van der Waals surface area contributed by atoms with Crippen molar-refractivity contribution in [1.82, 2.24) is 0 Å². The molecule has 0 N–H and O–H groups in total. The number of hydrogen-bond acceptors (Lipinski definition) is 3. The largest absolute Gasteiger partial charge is 0.300 e. The highest BCUT2D eigenvalue weighted by atomic mass is 16.2. The molecular formula is C25H30O3. The summed E-state index contributed by atoms with van der Waals surface area (Å²) in [4.78, 5) is 36.9. The SMILES string of the molecule is C=C/C(C)=C\C(C)=C(/C)c1cc(C)c(C2C(=O)CC(CC(C)=O)C2=O)c(C)c1. The van der Waals surface area contributed by atoms with Gasteiger partial charge in [0.05, 0.1) is 0 Å². The minimum absolute atomic E-state index is 0.0466. The molecule has 0 bridgehead atoms. The predicted molar refractivity (Wildman–Crippen MR) is 114 cm³/mol. The summed E-state index contributed by atoms with van der Waals surface area (Å²) in [5, 5.41) is 0. The van der Waals surface area contributed by atoms with E-state index < -0.39 is 11.8 Å². The van der Waals surface area contributed by atoms with Gasteiger partial charge < -0.3 is 4.79 Å². The van der Waals surface area contributed by atoms with E-state index in [2.05, 4.69) is 38.6 Å². The van der Waals surface area contributed by atoms with E-state index in [1.807, 2.05) is 26.8 Å². The zero-order valence-corrected chi connectivity index (χ0v) is 17.8. The quantitative estimate of drug-likeness (QED) is 0.488. The molecule has 1 saturated carbocycles. The van der Waals surface area contributed by atoms with Gasteiger partial charge in [-0.2, -0.15) is 0 Å². The van der Waals surface area contributed by atoms with Crippen molar-refractivity contribution in [1.29, 1.82) is 0 Å². The zero-order chi connectivity index (χ0) is 21.2. The third-order valence-corrected chi connectivity index (χ3v) is 5.66. The Morgan fingerprint density at radius 2 is 1.68 bits per heavy atom. The number of allylic oxidation sites excluding steroid dienone is 5. The number of carbonyl (C=O) groups excluding carboxylic acids is 3. The topological polar surface area (TPSA) is 51.2 Å². The van der Waals surface area contributed by atoms with Crippen LogP contribution in [-0.2, 0) is 14.4 Å². The Labute approximate surface area is 168 Å². The van der Waals surface area contributed by atoms with Crippen molar-refractivity contribution in [2.45, 2.75) is 60.3 Å². The van der Waals surface area contributed by atoms with Crippen LogP contribution < -0.4 is 0 Å². The molecule has 2 atom stereocenters. The number of hydrogen-bond donors (Lipinski definition) is 0. The highest BCUT2D eigenvalue weighted by Gasteiger charge is 2.43. The molecule has 2 unspecified atom stereocenters. The van der Waals surface area contributed by atoms with Crippen LogP contribution in [0.5, 0.6) is 0 Å². The zero-order valence-electron chi connectivity index (χ0n) is 17.8. The molecule has 0 aromatic heterocycles. The van der Waals surface area contributed by atoms with E-state index in [4.69, 9.17) is 0 Å². The highest BCUT2D eigenvalue weighted by molar-refractivity contribution is 6.15. The van der Waals surface area contributed by atoms with Gasteiger partial charge in [-0.05, 0) is 74.9 Å². The van der Waals surface area contributed by atoms with Gasteiger partial charge in [0.25, 0.3) is 0 Å². The number of Topliss-reactive ketones (excluding diaryl/α,β-unsaturated/α-hetero) is 3. The molecule has 0 spiro atoms. The van der Waals surface area contributed by atoms with Crippen molar-refractivity contribution in [2.75, 3.05) is 0 Å². The van der Waals surface area contributed by atoms with Gasteiger partial charge in [0.1, 0.15) is 17.5 Å². The molecule has 1 aliphatic carbocycles. The van der Waals surface area contributed by atoms with E-state index in [0.29, 0.717) is 0 Å². The van der Waals surface area contributed by atoms with Crippen molar-refractivity contribution >= 4 is 22.9 Å². The first kappa shape index (κ1) is 21.7. The molecule has 3 heteroatoms. The van der Waals surface area contributed by atoms with E-state index in [0.717, 1.165) is 39.0 Å². The molecule has 28 heavy (non-hydrogen) atoms. The maximum atomic E-state index is 12.8. The minimum atomic E-state index is -0.730. The fourth-order valence-electron chi connectivity index (χ4n) is 4.06. The lowest BCUT2D eigenvalue weighted by Crippen LogP contribution is -2.19. The molecule has 0 aliphatic heterocycles.